The summed E-state index contributed by atoms with van der Waals surface area (Å²) in [6, 6.07) is 13.5. The molecule has 0 unspecified atom stereocenters. The second-order valence-electron chi connectivity index (χ2n) is 5.13. The van der Waals surface area contributed by atoms with Gasteiger partial charge in [-0.3, -0.25) is 0 Å². The molecule has 2 aromatic carbocycles. The Morgan fingerprint density at radius 1 is 1.05 bits per heavy atom. The van der Waals surface area contributed by atoms with Gasteiger partial charge in [0.25, 0.3) is 0 Å². The van der Waals surface area contributed by atoms with E-state index in [0.29, 0.717) is 29.1 Å². The average Bonchev–Trinajstić information content (AvgIpc) is 2.43. The van der Waals surface area contributed by atoms with Crippen molar-refractivity contribution < 1.29 is 4.74 Å². The Balaban J connectivity index is 1.87. The van der Waals surface area contributed by atoms with Gasteiger partial charge in [0.15, 0.2) is 0 Å². The van der Waals surface area contributed by atoms with Crippen molar-refractivity contribution in [2.75, 3.05) is 18.5 Å². The zero-order valence-corrected chi connectivity index (χ0v) is 13.7. The van der Waals surface area contributed by atoms with E-state index in [1.165, 1.54) is 5.56 Å². The first-order valence-corrected chi connectivity index (χ1v) is 7.73. The molecule has 1 N–H and O–H groups in total. The normalized spacial score (nSPS) is 10.7. The van der Waals surface area contributed by atoms with E-state index in [-0.39, 0.29) is 0 Å². The molecule has 0 aliphatic carbocycles. The van der Waals surface area contributed by atoms with Crippen molar-refractivity contribution in [1.82, 2.24) is 0 Å². The third-order valence-electron chi connectivity index (χ3n) is 3.09. The SMILES string of the molecule is CC(C)c1ccccc1OCCNc1cc(Cl)cc(Cl)c1. The highest BCUT2D eigenvalue weighted by Gasteiger charge is 2.06. The molecule has 2 rings (SSSR count). The molecule has 0 heterocycles. The van der Waals surface area contributed by atoms with Gasteiger partial charge >= 0.3 is 0 Å². The second kappa shape index (κ2) is 7.58. The average molecular weight is 324 g/mol. The van der Waals surface area contributed by atoms with Crippen molar-refractivity contribution in [3.63, 3.8) is 0 Å². The minimum absolute atomic E-state index is 0.445. The van der Waals surface area contributed by atoms with Crippen LogP contribution in [0, 0.1) is 0 Å². The maximum atomic E-state index is 5.96. The summed E-state index contributed by atoms with van der Waals surface area (Å²) in [5.74, 6) is 1.39. The lowest BCUT2D eigenvalue weighted by Gasteiger charge is -2.14. The fraction of sp³-hybridized carbons (Fsp3) is 0.294. The molecule has 0 radical (unpaired) electrons. The molecule has 2 aromatic rings. The van der Waals surface area contributed by atoms with Crippen LogP contribution in [0.25, 0.3) is 0 Å². The van der Waals surface area contributed by atoms with Gasteiger partial charge in [-0.05, 0) is 35.7 Å². The van der Waals surface area contributed by atoms with Crippen LogP contribution in [0.3, 0.4) is 0 Å². The van der Waals surface area contributed by atoms with E-state index in [0.717, 1.165) is 11.4 Å². The zero-order chi connectivity index (χ0) is 15.2. The summed E-state index contributed by atoms with van der Waals surface area (Å²) in [6.45, 7) is 5.58. The number of rotatable bonds is 6. The van der Waals surface area contributed by atoms with E-state index in [1.807, 2.05) is 30.3 Å². The number of hydrogen-bond acceptors (Lipinski definition) is 2. The molecule has 0 amide bonds. The van der Waals surface area contributed by atoms with Crippen molar-refractivity contribution in [1.29, 1.82) is 0 Å². The van der Waals surface area contributed by atoms with Gasteiger partial charge in [0.1, 0.15) is 12.4 Å². The van der Waals surface area contributed by atoms with E-state index >= 15 is 0 Å². The van der Waals surface area contributed by atoms with Gasteiger partial charge in [0.05, 0.1) is 0 Å². The quantitative estimate of drug-likeness (QED) is 0.698. The van der Waals surface area contributed by atoms with Crippen molar-refractivity contribution in [2.45, 2.75) is 19.8 Å². The van der Waals surface area contributed by atoms with Gasteiger partial charge in [-0.1, -0.05) is 55.2 Å². The third-order valence-corrected chi connectivity index (χ3v) is 3.53. The largest absolute Gasteiger partial charge is 0.491 e. The van der Waals surface area contributed by atoms with Crippen LogP contribution in [0.1, 0.15) is 25.3 Å². The Labute approximate surface area is 136 Å². The van der Waals surface area contributed by atoms with Crippen LogP contribution in [-0.2, 0) is 0 Å². The summed E-state index contributed by atoms with van der Waals surface area (Å²) in [5.41, 5.74) is 2.12. The number of halogens is 2. The van der Waals surface area contributed by atoms with Crippen LogP contribution in [-0.4, -0.2) is 13.2 Å². The molecule has 112 valence electrons. The highest BCUT2D eigenvalue weighted by atomic mass is 35.5. The maximum Gasteiger partial charge on any atom is 0.122 e. The molecule has 21 heavy (non-hydrogen) atoms. The van der Waals surface area contributed by atoms with Crippen molar-refractivity contribution >= 4 is 28.9 Å². The summed E-state index contributed by atoms with van der Waals surface area (Å²) >= 11 is 11.9. The van der Waals surface area contributed by atoms with Gasteiger partial charge in [-0.25, -0.2) is 0 Å². The lowest BCUT2D eigenvalue weighted by atomic mass is 10.0. The van der Waals surface area contributed by atoms with Crippen LogP contribution in [0.5, 0.6) is 5.75 Å². The van der Waals surface area contributed by atoms with Gasteiger partial charge in [-0.15, -0.1) is 0 Å². The van der Waals surface area contributed by atoms with E-state index in [4.69, 9.17) is 27.9 Å². The number of para-hydroxylation sites is 1. The summed E-state index contributed by atoms with van der Waals surface area (Å²) in [4.78, 5) is 0. The van der Waals surface area contributed by atoms with Crippen LogP contribution in [0.15, 0.2) is 42.5 Å². The number of hydrogen-bond donors (Lipinski definition) is 1. The molecule has 0 saturated heterocycles. The Bertz CT molecular complexity index is 579. The van der Waals surface area contributed by atoms with E-state index in [1.54, 1.807) is 6.07 Å². The van der Waals surface area contributed by atoms with Crippen molar-refractivity contribution in [2.24, 2.45) is 0 Å². The van der Waals surface area contributed by atoms with Crippen LogP contribution >= 0.6 is 23.2 Å². The minimum atomic E-state index is 0.445. The molecule has 0 bridgehead atoms. The van der Waals surface area contributed by atoms with Crippen LogP contribution < -0.4 is 10.1 Å². The van der Waals surface area contributed by atoms with Gasteiger partial charge in [-0.2, -0.15) is 0 Å². The van der Waals surface area contributed by atoms with Crippen molar-refractivity contribution in [3.05, 3.63) is 58.1 Å². The molecule has 0 spiro atoms. The Hall–Kier alpha value is -1.38. The topological polar surface area (TPSA) is 21.3 Å². The fourth-order valence-electron chi connectivity index (χ4n) is 2.10. The number of ether oxygens (including phenoxy) is 1. The summed E-state index contributed by atoms with van der Waals surface area (Å²) in [7, 11) is 0. The second-order valence-corrected chi connectivity index (χ2v) is 6.00. The highest BCUT2D eigenvalue weighted by molar-refractivity contribution is 6.35. The Morgan fingerprint density at radius 2 is 1.71 bits per heavy atom. The Morgan fingerprint density at radius 3 is 2.38 bits per heavy atom. The lowest BCUT2D eigenvalue weighted by Crippen LogP contribution is -2.12. The molecule has 0 atom stereocenters. The standard InChI is InChI=1S/C17H19Cl2NO/c1-12(2)16-5-3-4-6-17(16)21-8-7-20-15-10-13(18)9-14(19)11-15/h3-6,9-12,20H,7-8H2,1-2H3. The van der Waals surface area contributed by atoms with Gasteiger partial charge < -0.3 is 10.1 Å². The predicted octanol–water partition coefficient (Wildman–Crippen LogP) is 5.61. The molecule has 0 aromatic heterocycles. The van der Waals surface area contributed by atoms with E-state index < -0.39 is 0 Å². The van der Waals surface area contributed by atoms with Crippen LogP contribution in [0.2, 0.25) is 10.0 Å². The smallest absolute Gasteiger partial charge is 0.122 e. The summed E-state index contributed by atoms with van der Waals surface area (Å²) in [5, 5.41) is 4.49. The van der Waals surface area contributed by atoms with E-state index in [9.17, 15) is 0 Å². The van der Waals surface area contributed by atoms with Crippen LogP contribution in [0.4, 0.5) is 5.69 Å². The molecule has 0 aliphatic rings. The molecular formula is C17H19Cl2NO. The molecule has 4 heteroatoms. The third kappa shape index (κ3) is 4.83. The molecule has 0 saturated carbocycles. The molecular weight excluding hydrogens is 305 g/mol. The fourth-order valence-corrected chi connectivity index (χ4v) is 2.63. The summed E-state index contributed by atoms with van der Waals surface area (Å²) < 4.78 is 5.85. The Kier molecular flexibility index (Phi) is 5.77. The van der Waals surface area contributed by atoms with Crippen molar-refractivity contribution in [3.8, 4) is 5.75 Å². The van der Waals surface area contributed by atoms with Gasteiger partial charge in [0, 0.05) is 22.3 Å². The van der Waals surface area contributed by atoms with Gasteiger partial charge in [0.2, 0.25) is 0 Å². The predicted molar refractivity (Wildman–Crippen MR) is 91.0 cm³/mol. The molecule has 0 aliphatic heterocycles. The lowest BCUT2D eigenvalue weighted by molar-refractivity contribution is 0.328. The first-order valence-electron chi connectivity index (χ1n) is 6.98. The molecule has 0 fully saturated rings. The number of nitrogens with one attached hydrogen (secondary N) is 1. The number of benzene rings is 2. The monoisotopic (exact) mass is 323 g/mol. The van der Waals surface area contributed by atoms with E-state index in [2.05, 4.69) is 25.2 Å². The highest BCUT2D eigenvalue weighted by Crippen LogP contribution is 2.26. The maximum absolute atomic E-state index is 5.96. The number of anilines is 1. The zero-order valence-electron chi connectivity index (χ0n) is 12.2. The first kappa shape index (κ1) is 16.0. The minimum Gasteiger partial charge on any atom is -0.491 e. The first-order chi connectivity index (χ1) is 10.1. The molecule has 2 nitrogen and oxygen atoms in total. The summed E-state index contributed by atoms with van der Waals surface area (Å²) in [6.07, 6.45) is 0.